The lowest BCUT2D eigenvalue weighted by Crippen LogP contribution is -2.29. The molecule has 0 spiro atoms. The molecule has 0 aromatic heterocycles. The molecule has 10 heteroatoms. The molecule has 1 aliphatic rings. The summed E-state index contributed by atoms with van der Waals surface area (Å²) < 4.78 is 34.2. The fraction of sp³-hybridized carbons (Fsp3) is 0.154. The number of amides is 1. The van der Waals surface area contributed by atoms with Gasteiger partial charge in [0, 0.05) is 22.9 Å². The van der Waals surface area contributed by atoms with E-state index in [4.69, 9.17) is 14.6 Å². The lowest BCUT2D eigenvalue weighted by atomic mass is 9.94. The molecule has 0 radical (unpaired) electrons. The number of sulfonamides is 1. The molecule has 3 N–H and O–H groups in total. The summed E-state index contributed by atoms with van der Waals surface area (Å²) in [7, 11) is -1.04. The number of nitrogens with two attached hydrogens (primary N) is 1. The van der Waals surface area contributed by atoms with E-state index < -0.39 is 27.8 Å². The van der Waals surface area contributed by atoms with E-state index in [1.807, 2.05) is 6.92 Å². The highest BCUT2D eigenvalue weighted by atomic mass is 32.2. The number of primary sulfonamides is 1. The topological polar surface area (TPSA) is 136 Å². The van der Waals surface area contributed by atoms with Gasteiger partial charge >= 0.3 is 0 Å². The monoisotopic (exact) mass is 508 g/mol. The number of methoxy groups -OCH3 is 2. The number of rotatable bonds is 6. The zero-order chi connectivity index (χ0) is 26.2. The van der Waals surface area contributed by atoms with Crippen molar-refractivity contribution in [3.8, 4) is 11.5 Å². The van der Waals surface area contributed by atoms with Gasteiger partial charge in [-0.05, 0) is 43.3 Å². The minimum Gasteiger partial charge on any atom is -0.507 e. The number of aliphatic hydroxyl groups is 1. The van der Waals surface area contributed by atoms with Crippen LogP contribution >= 0.6 is 0 Å². The van der Waals surface area contributed by atoms with Crippen LogP contribution in [0.2, 0.25) is 0 Å². The summed E-state index contributed by atoms with van der Waals surface area (Å²) in [6, 6.07) is 15.9. The van der Waals surface area contributed by atoms with Crippen molar-refractivity contribution >= 4 is 33.2 Å². The Morgan fingerprint density at radius 2 is 1.58 bits per heavy atom. The Morgan fingerprint density at radius 1 is 0.944 bits per heavy atom. The standard InChI is InChI=1S/C26H24N2O7S/c1-15-4-6-16(7-5-15)24(29)22-23(20-13-10-18(34-2)14-21(20)35-3)28(26(31)25(22)30)17-8-11-19(12-9-17)36(27,32)33/h4-14,23,29H,1-3H3,(H2,27,32,33). The third-order valence-corrected chi connectivity index (χ3v) is 6.88. The average molecular weight is 509 g/mol. The zero-order valence-corrected chi connectivity index (χ0v) is 20.6. The Bertz CT molecular complexity index is 1480. The second-order valence-electron chi connectivity index (χ2n) is 8.18. The largest absolute Gasteiger partial charge is 0.507 e. The van der Waals surface area contributed by atoms with Crippen LogP contribution in [0.15, 0.2) is 77.2 Å². The first-order valence-electron chi connectivity index (χ1n) is 10.8. The molecule has 4 rings (SSSR count). The van der Waals surface area contributed by atoms with Crippen molar-refractivity contribution < 1.29 is 32.6 Å². The van der Waals surface area contributed by atoms with Gasteiger partial charge in [-0.2, -0.15) is 0 Å². The van der Waals surface area contributed by atoms with Crippen molar-refractivity contribution in [2.75, 3.05) is 19.1 Å². The third kappa shape index (κ3) is 4.43. The molecular formula is C26H24N2O7S. The fourth-order valence-electron chi connectivity index (χ4n) is 4.10. The summed E-state index contributed by atoms with van der Waals surface area (Å²) >= 11 is 0. The maximum absolute atomic E-state index is 13.3. The van der Waals surface area contributed by atoms with E-state index in [9.17, 15) is 23.1 Å². The first kappa shape index (κ1) is 25.0. The maximum atomic E-state index is 13.3. The predicted octanol–water partition coefficient (Wildman–Crippen LogP) is 3.29. The quantitative estimate of drug-likeness (QED) is 0.296. The Labute approximate surface area is 208 Å². The predicted molar refractivity (Wildman–Crippen MR) is 133 cm³/mol. The molecule has 186 valence electrons. The van der Waals surface area contributed by atoms with Crippen LogP contribution in [0.1, 0.15) is 22.7 Å². The van der Waals surface area contributed by atoms with Crippen molar-refractivity contribution in [3.63, 3.8) is 0 Å². The number of aliphatic hydroxyl groups excluding tert-OH is 1. The lowest BCUT2D eigenvalue weighted by molar-refractivity contribution is -0.132. The van der Waals surface area contributed by atoms with Crippen molar-refractivity contribution in [2.45, 2.75) is 17.9 Å². The molecule has 1 saturated heterocycles. The van der Waals surface area contributed by atoms with Gasteiger partial charge in [-0.3, -0.25) is 14.5 Å². The molecule has 1 unspecified atom stereocenters. The van der Waals surface area contributed by atoms with Crippen molar-refractivity contribution in [2.24, 2.45) is 5.14 Å². The Balaban J connectivity index is 1.97. The van der Waals surface area contributed by atoms with Crippen LogP contribution in [0.3, 0.4) is 0 Å². The number of ketones is 1. The molecule has 3 aromatic rings. The molecule has 1 heterocycles. The van der Waals surface area contributed by atoms with Crippen molar-refractivity contribution in [1.82, 2.24) is 0 Å². The van der Waals surface area contributed by atoms with Crippen LogP contribution in [0.4, 0.5) is 5.69 Å². The van der Waals surface area contributed by atoms with Crippen molar-refractivity contribution in [3.05, 3.63) is 89.0 Å². The molecule has 9 nitrogen and oxygen atoms in total. The van der Waals surface area contributed by atoms with Gasteiger partial charge in [0.15, 0.2) is 0 Å². The average Bonchev–Trinajstić information content (AvgIpc) is 3.13. The second-order valence-corrected chi connectivity index (χ2v) is 9.74. The highest BCUT2D eigenvalue weighted by molar-refractivity contribution is 7.89. The van der Waals surface area contributed by atoms with E-state index in [1.54, 1.807) is 42.5 Å². The van der Waals surface area contributed by atoms with Crippen LogP contribution in [-0.2, 0) is 19.6 Å². The van der Waals surface area contributed by atoms with Crippen molar-refractivity contribution in [1.29, 1.82) is 0 Å². The molecule has 1 atom stereocenters. The van der Waals surface area contributed by atoms with Crippen LogP contribution in [-0.4, -0.2) is 39.4 Å². The fourth-order valence-corrected chi connectivity index (χ4v) is 4.62. The second kappa shape index (κ2) is 9.48. The Hall–Kier alpha value is -4.15. The molecule has 0 saturated carbocycles. The summed E-state index contributed by atoms with van der Waals surface area (Å²) in [5.41, 5.74) is 1.83. The number of ether oxygens (including phenoxy) is 2. The first-order chi connectivity index (χ1) is 17.1. The van der Waals surface area contributed by atoms with Gasteiger partial charge < -0.3 is 14.6 Å². The number of Topliss-reactive ketones (excluding diaryl/α,β-unsaturated/α-hetero) is 1. The number of carbonyl (C=O) groups is 2. The van der Waals surface area contributed by atoms with Gasteiger partial charge in [-0.25, -0.2) is 13.6 Å². The molecule has 36 heavy (non-hydrogen) atoms. The Morgan fingerprint density at radius 3 is 2.14 bits per heavy atom. The van der Waals surface area contributed by atoms with Crippen LogP contribution < -0.4 is 19.5 Å². The molecule has 3 aromatic carbocycles. The summed E-state index contributed by atoms with van der Waals surface area (Å²) in [4.78, 5) is 27.7. The van der Waals surface area contributed by atoms with Gasteiger partial charge in [-0.15, -0.1) is 0 Å². The molecule has 1 aliphatic heterocycles. The lowest BCUT2D eigenvalue weighted by Gasteiger charge is -2.27. The minimum absolute atomic E-state index is 0.136. The SMILES string of the molecule is COc1ccc(C2C(=C(O)c3ccc(C)cc3)C(=O)C(=O)N2c2ccc(S(N)(=O)=O)cc2)c(OC)c1. The molecule has 1 amide bonds. The van der Waals surface area contributed by atoms with Gasteiger partial charge in [-0.1, -0.05) is 29.8 Å². The van der Waals surface area contributed by atoms with Gasteiger partial charge in [0.2, 0.25) is 10.0 Å². The number of hydrogen-bond donors (Lipinski definition) is 2. The van der Waals surface area contributed by atoms with Crippen LogP contribution in [0, 0.1) is 6.92 Å². The summed E-state index contributed by atoms with van der Waals surface area (Å²) in [5, 5.41) is 16.4. The molecule has 1 fully saturated rings. The number of carbonyl (C=O) groups excluding carboxylic acids is 2. The van der Waals surface area contributed by atoms with Crippen LogP contribution in [0.25, 0.3) is 5.76 Å². The maximum Gasteiger partial charge on any atom is 0.300 e. The molecular weight excluding hydrogens is 484 g/mol. The van der Waals surface area contributed by atoms with E-state index >= 15 is 0 Å². The summed E-state index contributed by atoms with van der Waals surface area (Å²) in [5.74, 6) is -1.33. The van der Waals surface area contributed by atoms with E-state index in [1.165, 1.54) is 43.4 Å². The third-order valence-electron chi connectivity index (χ3n) is 5.95. The number of nitrogens with zero attached hydrogens (tertiary/aromatic N) is 1. The summed E-state index contributed by atoms with van der Waals surface area (Å²) in [6.07, 6.45) is 0. The Kier molecular flexibility index (Phi) is 6.57. The number of anilines is 1. The first-order valence-corrected chi connectivity index (χ1v) is 12.3. The smallest absolute Gasteiger partial charge is 0.300 e. The summed E-state index contributed by atoms with van der Waals surface area (Å²) in [6.45, 7) is 1.89. The van der Waals surface area contributed by atoms with Gasteiger partial charge in [0.1, 0.15) is 17.3 Å². The van der Waals surface area contributed by atoms with Crippen LogP contribution in [0.5, 0.6) is 11.5 Å². The zero-order valence-electron chi connectivity index (χ0n) is 19.8. The van der Waals surface area contributed by atoms with E-state index in [2.05, 4.69) is 0 Å². The van der Waals surface area contributed by atoms with E-state index in [0.29, 0.717) is 22.6 Å². The number of hydrogen-bond acceptors (Lipinski definition) is 7. The van der Waals surface area contributed by atoms with E-state index in [-0.39, 0.29) is 21.9 Å². The molecule has 0 aliphatic carbocycles. The highest BCUT2D eigenvalue weighted by Crippen LogP contribution is 2.45. The van der Waals surface area contributed by atoms with Gasteiger partial charge in [0.25, 0.3) is 11.7 Å². The van der Waals surface area contributed by atoms with Gasteiger partial charge in [0.05, 0.1) is 30.7 Å². The number of benzene rings is 3. The molecule has 0 bridgehead atoms. The minimum atomic E-state index is -3.97. The number of aryl methyl sites for hydroxylation is 1. The highest BCUT2D eigenvalue weighted by Gasteiger charge is 2.48. The normalized spacial score (nSPS) is 17.3. The van der Waals surface area contributed by atoms with E-state index in [0.717, 1.165) is 5.56 Å².